The van der Waals surface area contributed by atoms with Crippen LogP contribution in [0.2, 0.25) is 0 Å². The smallest absolute Gasteiger partial charge is 0.226 e. The highest BCUT2D eigenvalue weighted by molar-refractivity contribution is 8.13. The van der Waals surface area contributed by atoms with Crippen LogP contribution in [0, 0.1) is 5.92 Å². The molecule has 20 heavy (non-hydrogen) atoms. The van der Waals surface area contributed by atoms with Crippen LogP contribution in [0.15, 0.2) is 0 Å². The molecule has 0 saturated carbocycles. The second-order valence-electron chi connectivity index (χ2n) is 5.24. The monoisotopic (exact) mass is 303 g/mol. The quantitative estimate of drug-likeness (QED) is 0.714. The van der Waals surface area contributed by atoms with Crippen LogP contribution in [0.5, 0.6) is 0 Å². The summed E-state index contributed by atoms with van der Waals surface area (Å²) in [4.78, 5) is 25.6. The minimum atomic E-state index is -0.166. The zero-order valence-electron chi connectivity index (χ0n) is 12.8. The standard InChI is InChI=1S/C14H25NO4S/c1-10(9-20-11(2)16)14(17)15-12(7-18-3)5-6-13(15)8-19-4/h10,12-13H,5-9H2,1-4H3/t10-,12-,13-/m1/s1. The van der Waals surface area contributed by atoms with Crippen molar-refractivity contribution in [1.82, 2.24) is 4.90 Å². The van der Waals surface area contributed by atoms with Crippen molar-refractivity contribution >= 4 is 22.8 Å². The molecule has 0 aromatic rings. The van der Waals surface area contributed by atoms with Crippen LogP contribution in [0.4, 0.5) is 0 Å². The highest BCUT2D eigenvalue weighted by Gasteiger charge is 2.38. The summed E-state index contributed by atoms with van der Waals surface area (Å²) < 4.78 is 10.4. The molecule has 1 heterocycles. The van der Waals surface area contributed by atoms with E-state index in [1.807, 2.05) is 11.8 Å². The molecular weight excluding hydrogens is 278 g/mol. The summed E-state index contributed by atoms with van der Waals surface area (Å²) in [5.41, 5.74) is 0. The summed E-state index contributed by atoms with van der Waals surface area (Å²) in [6.07, 6.45) is 1.89. The van der Waals surface area contributed by atoms with E-state index in [-0.39, 0.29) is 29.0 Å². The molecule has 116 valence electrons. The van der Waals surface area contributed by atoms with E-state index in [9.17, 15) is 9.59 Å². The van der Waals surface area contributed by atoms with E-state index in [1.54, 1.807) is 14.2 Å². The number of thioether (sulfide) groups is 1. The minimum Gasteiger partial charge on any atom is -0.383 e. The second-order valence-corrected chi connectivity index (χ2v) is 6.44. The number of methoxy groups -OCH3 is 2. The van der Waals surface area contributed by atoms with Crippen molar-refractivity contribution in [2.24, 2.45) is 5.92 Å². The molecular formula is C14H25NO4S. The molecule has 0 aromatic heterocycles. The molecule has 0 aliphatic carbocycles. The number of rotatable bonds is 7. The Bertz CT molecular complexity index is 323. The zero-order valence-corrected chi connectivity index (χ0v) is 13.6. The Labute approximate surface area is 125 Å². The van der Waals surface area contributed by atoms with E-state index >= 15 is 0 Å². The molecule has 0 aromatic carbocycles. The Morgan fingerprint density at radius 3 is 2.10 bits per heavy atom. The molecule has 0 N–H and O–H groups in total. The maximum absolute atomic E-state index is 12.6. The molecule has 1 aliphatic heterocycles. The van der Waals surface area contributed by atoms with E-state index < -0.39 is 0 Å². The van der Waals surface area contributed by atoms with Gasteiger partial charge in [-0.3, -0.25) is 9.59 Å². The van der Waals surface area contributed by atoms with Gasteiger partial charge in [0.25, 0.3) is 0 Å². The summed E-state index contributed by atoms with van der Waals surface area (Å²) >= 11 is 1.21. The number of carbonyl (C=O) groups excluding carboxylic acids is 2. The van der Waals surface area contributed by atoms with Crippen LogP contribution in [0.3, 0.4) is 0 Å². The lowest BCUT2D eigenvalue weighted by Crippen LogP contribution is -2.47. The number of carbonyl (C=O) groups is 2. The lowest BCUT2D eigenvalue weighted by molar-refractivity contribution is -0.139. The fraction of sp³-hybridized carbons (Fsp3) is 0.857. The molecule has 1 fully saturated rings. The van der Waals surface area contributed by atoms with Crippen LogP contribution >= 0.6 is 11.8 Å². The van der Waals surface area contributed by atoms with E-state index in [2.05, 4.69) is 0 Å². The third kappa shape index (κ3) is 4.75. The van der Waals surface area contributed by atoms with Crippen LogP contribution in [-0.2, 0) is 19.1 Å². The molecule has 1 rings (SSSR count). The summed E-state index contributed by atoms with van der Waals surface area (Å²) in [7, 11) is 3.31. The Morgan fingerprint density at radius 2 is 1.70 bits per heavy atom. The molecule has 0 unspecified atom stereocenters. The van der Waals surface area contributed by atoms with Crippen LogP contribution in [0.25, 0.3) is 0 Å². The normalized spacial score (nSPS) is 23.9. The van der Waals surface area contributed by atoms with E-state index in [4.69, 9.17) is 9.47 Å². The van der Waals surface area contributed by atoms with Gasteiger partial charge in [0, 0.05) is 32.8 Å². The SMILES string of the molecule is COC[C@H]1CC[C@H](COC)N1C(=O)[C@H](C)CSC(C)=O. The third-order valence-corrected chi connectivity index (χ3v) is 4.62. The average Bonchev–Trinajstić information content (AvgIpc) is 2.79. The minimum absolute atomic E-state index is 0.0490. The molecule has 0 spiro atoms. The molecule has 0 bridgehead atoms. The van der Waals surface area contributed by atoms with Crippen LogP contribution < -0.4 is 0 Å². The van der Waals surface area contributed by atoms with Crippen LogP contribution in [-0.4, -0.2) is 61.2 Å². The van der Waals surface area contributed by atoms with Crippen molar-refractivity contribution in [3.63, 3.8) is 0 Å². The Hall–Kier alpha value is -0.590. The van der Waals surface area contributed by atoms with Crippen molar-refractivity contribution in [3.8, 4) is 0 Å². The van der Waals surface area contributed by atoms with Gasteiger partial charge in [-0.1, -0.05) is 18.7 Å². The molecule has 1 aliphatic rings. The highest BCUT2D eigenvalue weighted by atomic mass is 32.2. The Balaban J connectivity index is 2.69. The first kappa shape index (κ1) is 17.5. The third-order valence-electron chi connectivity index (χ3n) is 3.55. The Kier molecular flexibility index (Phi) is 7.55. The van der Waals surface area contributed by atoms with Gasteiger partial charge in [0.05, 0.1) is 25.3 Å². The van der Waals surface area contributed by atoms with Crippen molar-refractivity contribution in [3.05, 3.63) is 0 Å². The number of likely N-dealkylation sites (tertiary alicyclic amines) is 1. The number of nitrogens with zero attached hydrogens (tertiary/aromatic N) is 1. The van der Waals surface area contributed by atoms with Crippen molar-refractivity contribution < 1.29 is 19.1 Å². The number of hydrogen-bond acceptors (Lipinski definition) is 5. The number of amides is 1. The zero-order chi connectivity index (χ0) is 15.1. The van der Waals surface area contributed by atoms with E-state index in [0.29, 0.717) is 19.0 Å². The van der Waals surface area contributed by atoms with E-state index in [0.717, 1.165) is 12.8 Å². The first-order valence-corrected chi connectivity index (χ1v) is 7.93. The molecule has 1 amide bonds. The summed E-state index contributed by atoms with van der Waals surface area (Å²) in [6, 6.07) is 0.245. The van der Waals surface area contributed by atoms with Crippen LogP contribution in [0.1, 0.15) is 26.7 Å². The molecule has 3 atom stereocenters. The summed E-state index contributed by atoms with van der Waals surface area (Å²) in [5.74, 6) is 0.463. The molecule has 1 saturated heterocycles. The van der Waals surface area contributed by atoms with Gasteiger partial charge in [0.15, 0.2) is 5.12 Å². The van der Waals surface area contributed by atoms with Gasteiger partial charge in [0.2, 0.25) is 5.91 Å². The number of ether oxygens (including phenoxy) is 2. The van der Waals surface area contributed by atoms with Gasteiger partial charge in [0.1, 0.15) is 0 Å². The topological polar surface area (TPSA) is 55.8 Å². The fourth-order valence-electron chi connectivity index (χ4n) is 2.60. The Morgan fingerprint density at radius 1 is 1.20 bits per heavy atom. The first-order chi connectivity index (χ1) is 9.51. The molecule has 5 nitrogen and oxygen atoms in total. The maximum atomic E-state index is 12.6. The lowest BCUT2D eigenvalue weighted by atomic mass is 10.1. The van der Waals surface area contributed by atoms with Crippen molar-refractivity contribution in [2.45, 2.75) is 38.8 Å². The summed E-state index contributed by atoms with van der Waals surface area (Å²) in [5, 5.41) is 0.0490. The maximum Gasteiger partial charge on any atom is 0.226 e. The molecule has 6 heteroatoms. The van der Waals surface area contributed by atoms with Gasteiger partial charge >= 0.3 is 0 Å². The van der Waals surface area contributed by atoms with Gasteiger partial charge < -0.3 is 14.4 Å². The largest absolute Gasteiger partial charge is 0.383 e. The van der Waals surface area contributed by atoms with Gasteiger partial charge in [-0.25, -0.2) is 0 Å². The fourth-order valence-corrected chi connectivity index (χ4v) is 3.23. The lowest BCUT2D eigenvalue weighted by Gasteiger charge is -2.32. The highest BCUT2D eigenvalue weighted by Crippen LogP contribution is 2.27. The van der Waals surface area contributed by atoms with Crippen molar-refractivity contribution in [1.29, 1.82) is 0 Å². The first-order valence-electron chi connectivity index (χ1n) is 6.94. The predicted octanol–water partition coefficient (Wildman–Crippen LogP) is 1.55. The average molecular weight is 303 g/mol. The predicted molar refractivity (Wildman–Crippen MR) is 79.7 cm³/mol. The van der Waals surface area contributed by atoms with Gasteiger partial charge in [-0.2, -0.15) is 0 Å². The van der Waals surface area contributed by atoms with E-state index in [1.165, 1.54) is 18.7 Å². The van der Waals surface area contributed by atoms with Crippen molar-refractivity contribution in [2.75, 3.05) is 33.2 Å². The van der Waals surface area contributed by atoms with Gasteiger partial charge in [-0.15, -0.1) is 0 Å². The second kappa shape index (κ2) is 8.64. The number of hydrogen-bond donors (Lipinski definition) is 0. The molecule has 0 radical (unpaired) electrons. The van der Waals surface area contributed by atoms with Gasteiger partial charge in [-0.05, 0) is 12.8 Å². The summed E-state index contributed by atoms with van der Waals surface area (Å²) in [6.45, 7) is 4.51.